The van der Waals surface area contributed by atoms with Gasteiger partial charge in [-0.25, -0.2) is 4.79 Å². The lowest BCUT2D eigenvalue weighted by Gasteiger charge is -2.32. The normalized spacial score (nSPS) is 18.2. The maximum atomic E-state index is 12.8. The van der Waals surface area contributed by atoms with Crippen LogP contribution in [-0.4, -0.2) is 64.2 Å². The number of aliphatic hydroxyl groups excluding tert-OH is 1. The van der Waals surface area contributed by atoms with Crippen LogP contribution in [0.4, 0.5) is 4.79 Å². The van der Waals surface area contributed by atoms with E-state index in [1.807, 2.05) is 0 Å². The van der Waals surface area contributed by atoms with E-state index >= 15 is 0 Å². The molecule has 1 aromatic heterocycles. The lowest BCUT2D eigenvalue weighted by atomic mass is 9.96. The Labute approximate surface area is 141 Å². The fourth-order valence-electron chi connectivity index (χ4n) is 3.29. The van der Waals surface area contributed by atoms with E-state index < -0.39 is 0 Å². The van der Waals surface area contributed by atoms with E-state index in [0.29, 0.717) is 57.6 Å². The Bertz CT molecular complexity index is 626. The van der Waals surface area contributed by atoms with E-state index in [1.165, 1.54) is 0 Å². The second-order valence-corrected chi connectivity index (χ2v) is 6.22. The molecule has 0 spiro atoms. The largest absolute Gasteiger partial charge is 0.450 e. The molecular weight excluding hydrogens is 310 g/mol. The molecule has 0 unspecified atom stereocenters. The predicted octanol–water partition coefficient (Wildman–Crippen LogP) is 1.19. The molecule has 24 heavy (non-hydrogen) atoms. The third-order valence-electron chi connectivity index (χ3n) is 4.65. The third-order valence-corrected chi connectivity index (χ3v) is 4.65. The number of likely N-dealkylation sites (tertiary alicyclic amines) is 1. The van der Waals surface area contributed by atoms with Crippen molar-refractivity contribution in [1.82, 2.24) is 14.8 Å². The van der Waals surface area contributed by atoms with Gasteiger partial charge in [0.1, 0.15) is 0 Å². The van der Waals surface area contributed by atoms with Gasteiger partial charge in [-0.3, -0.25) is 9.78 Å². The first-order valence-electron chi connectivity index (χ1n) is 8.45. The van der Waals surface area contributed by atoms with Crippen molar-refractivity contribution in [2.75, 3.05) is 26.2 Å². The van der Waals surface area contributed by atoms with Gasteiger partial charge in [0.2, 0.25) is 0 Å². The van der Waals surface area contributed by atoms with Gasteiger partial charge in [0.25, 0.3) is 5.91 Å². The second-order valence-electron chi connectivity index (χ2n) is 6.22. The number of aromatic nitrogens is 1. The Hall–Kier alpha value is -2.15. The molecule has 1 saturated heterocycles. The van der Waals surface area contributed by atoms with Gasteiger partial charge < -0.3 is 19.6 Å². The number of ether oxygens (including phenoxy) is 1. The number of pyridine rings is 1. The highest BCUT2D eigenvalue weighted by Crippen LogP contribution is 2.24. The van der Waals surface area contributed by atoms with Crippen LogP contribution in [0.1, 0.15) is 41.3 Å². The molecule has 0 atom stereocenters. The van der Waals surface area contributed by atoms with Crippen molar-refractivity contribution >= 4 is 12.0 Å². The van der Waals surface area contributed by atoms with Crippen molar-refractivity contribution in [2.24, 2.45) is 0 Å². The van der Waals surface area contributed by atoms with E-state index in [2.05, 4.69) is 4.98 Å². The molecule has 7 heteroatoms. The molecule has 0 bridgehead atoms. The molecule has 7 nitrogen and oxygen atoms in total. The van der Waals surface area contributed by atoms with Crippen LogP contribution >= 0.6 is 0 Å². The maximum absolute atomic E-state index is 12.8. The Balaban J connectivity index is 1.77. The average Bonchev–Trinajstić information content (AvgIpc) is 2.61. The van der Waals surface area contributed by atoms with Crippen LogP contribution in [0.15, 0.2) is 12.4 Å². The average molecular weight is 333 g/mol. The Morgan fingerprint density at radius 2 is 2.00 bits per heavy atom. The summed E-state index contributed by atoms with van der Waals surface area (Å²) in [6.45, 7) is 4.22. The molecule has 0 saturated carbocycles. The molecule has 0 radical (unpaired) electrons. The molecule has 0 aliphatic carbocycles. The summed E-state index contributed by atoms with van der Waals surface area (Å²) in [6.07, 6.45) is 4.55. The smallest absolute Gasteiger partial charge is 0.410 e. The number of hydrogen-bond acceptors (Lipinski definition) is 5. The van der Waals surface area contributed by atoms with Crippen LogP contribution in [0.3, 0.4) is 0 Å². The number of hydrogen-bond donors (Lipinski definition) is 1. The molecule has 3 rings (SSSR count). The number of nitrogens with zero attached hydrogens (tertiary/aromatic N) is 3. The van der Waals surface area contributed by atoms with E-state index in [4.69, 9.17) is 4.74 Å². The summed E-state index contributed by atoms with van der Waals surface area (Å²) in [5.41, 5.74) is 2.49. The molecule has 130 valence electrons. The van der Waals surface area contributed by atoms with Crippen LogP contribution in [0.5, 0.6) is 0 Å². The van der Waals surface area contributed by atoms with Gasteiger partial charge in [-0.05, 0) is 37.3 Å². The minimum atomic E-state index is -0.329. The number of piperidine rings is 1. The summed E-state index contributed by atoms with van der Waals surface area (Å²) in [5.74, 6) is -0.0316. The number of rotatable bonds is 2. The van der Waals surface area contributed by atoms with Gasteiger partial charge >= 0.3 is 6.09 Å². The van der Waals surface area contributed by atoms with E-state index in [9.17, 15) is 14.7 Å². The maximum Gasteiger partial charge on any atom is 0.410 e. The molecular formula is C17H23N3O4. The van der Waals surface area contributed by atoms with Gasteiger partial charge in [-0.15, -0.1) is 0 Å². The molecule has 1 fully saturated rings. The van der Waals surface area contributed by atoms with E-state index in [0.717, 1.165) is 11.1 Å². The third kappa shape index (κ3) is 3.36. The van der Waals surface area contributed by atoms with Gasteiger partial charge in [0.15, 0.2) is 0 Å². The summed E-state index contributed by atoms with van der Waals surface area (Å²) in [5, 5.41) is 9.60. The lowest BCUT2D eigenvalue weighted by molar-refractivity contribution is 0.0544. The summed E-state index contributed by atoms with van der Waals surface area (Å²) in [7, 11) is 0. The van der Waals surface area contributed by atoms with Crippen molar-refractivity contribution < 1.29 is 19.4 Å². The van der Waals surface area contributed by atoms with Crippen LogP contribution in [0, 0.1) is 0 Å². The van der Waals surface area contributed by atoms with Gasteiger partial charge in [-0.1, -0.05) is 0 Å². The van der Waals surface area contributed by atoms with E-state index in [1.54, 1.807) is 29.1 Å². The Morgan fingerprint density at radius 3 is 2.71 bits per heavy atom. The first-order chi connectivity index (χ1) is 11.6. The van der Waals surface area contributed by atoms with Crippen LogP contribution in [0.25, 0.3) is 0 Å². The molecule has 1 N–H and O–H groups in total. The standard InChI is InChI=1S/C17H23N3O4/c1-2-24-17(23)20-8-5-14-12(11-20)9-18-10-15(14)16(22)19-6-3-13(21)4-7-19/h9-10,13,21H,2-8,11H2,1H3. The fourth-order valence-corrected chi connectivity index (χ4v) is 3.29. The quantitative estimate of drug-likeness (QED) is 0.879. The SMILES string of the molecule is CCOC(=O)N1CCc2c(cncc2C(=O)N2CCC(O)CC2)C1. The molecule has 2 aliphatic heterocycles. The molecule has 2 aliphatic rings. The zero-order valence-corrected chi connectivity index (χ0v) is 13.9. The predicted molar refractivity (Wildman–Crippen MR) is 86.5 cm³/mol. The Kier molecular flexibility index (Phi) is 4.99. The highest BCUT2D eigenvalue weighted by Gasteiger charge is 2.28. The van der Waals surface area contributed by atoms with Crippen LogP contribution < -0.4 is 0 Å². The number of fused-ring (bicyclic) bond motifs is 1. The van der Waals surface area contributed by atoms with E-state index in [-0.39, 0.29) is 18.1 Å². The zero-order valence-electron chi connectivity index (χ0n) is 13.9. The minimum Gasteiger partial charge on any atom is -0.450 e. The summed E-state index contributed by atoms with van der Waals surface area (Å²) < 4.78 is 5.05. The first kappa shape index (κ1) is 16.7. The fraction of sp³-hybridized carbons (Fsp3) is 0.588. The second kappa shape index (κ2) is 7.17. The highest BCUT2D eigenvalue weighted by atomic mass is 16.6. The number of amides is 2. The zero-order chi connectivity index (χ0) is 17.1. The highest BCUT2D eigenvalue weighted by molar-refractivity contribution is 5.96. The summed E-state index contributed by atoms with van der Waals surface area (Å²) in [4.78, 5) is 32.3. The number of carbonyl (C=O) groups is 2. The topological polar surface area (TPSA) is 83.0 Å². The number of carbonyl (C=O) groups excluding carboxylic acids is 2. The number of aliphatic hydroxyl groups is 1. The van der Waals surface area contributed by atoms with Crippen molar-refractivity contribution in [1.29, 1.82) is 0 Å². The van der Waals surface area contributed by atoms with Crippen LogP contribution in [0.2, 0.25) is 0 Å². The van der Waals surface area contributed by atoms with Crippen LogP contribution in [-0.2, 0) is 17.7 Å². The monoisotopic (exact) mass is 333 g/mol. The molecule has 3 heterocycles. The molecule has 0 aromatic carbocycles. The molecule has 2 amide bonds. The van der Waals surface area contributed by atoms with Crippen molar-refractivity contribution in [3.8, 4) is 0 Å². The minimum absolute atomic E-state index is 0.0316. The van der Waals surface area contributed by atoms with Gasteiger partial charge in [-0.2, -0.15) is 0 Å². The molecule has 1 aromatic rings. The van der Waals surface area contributed by atoms with Crippen molar-refractivity contribution in [3.63, 3.8) is 0 Å². The summed E-state index contributed by atoms with van der Waals surface area (Å²) >= 11 is 0. The van der Waals surface area contributed by atoms with Crippen molar-refractivity contribution in [3.05, 3.63) is 29.1 Å². The Morgan fingerprint density at radius 1 is 1.25 bits per heavy atom. The first-order valence-corrected chi connectivity index (χ1v) is 8.45. The van der Waals surface area contributed by atoms with Gasteiger partial charge in [0.05, 0.1) is 24.8 Å². The lowest BCUT2D eigenvalue weighted by Crippen LogP contribution is -2.41. The van der Waals surface area contributed by atoms with Gasteiger partial charge in [0, 0.05) is 32.0 Å². The van der Waals surface area contributed by atoms with Crippen molar-refractivity contribution in [2.45, 2.75) is 38.8 Å². The summed E-state index contributed by atoms with van der Waals surface area (Å²) in [6, 6.07) is 0.